The van der Waals surface area contributed by atoms with Crippen LogP contribution in [-0.4, -0.2) is 36.0 Å². The van der Waals surface area contributed by atoms with Crippen LogP contribution in [0.2, 0.25) is 0 Å². The molecule has 20 heavy (non-hydrogen) atoms. The number of nitrogens with one attached hydrogen (secondary N) is 1. The van der Waals surface area contributed by atoms with Gasteiger partial charge in [0.25, 0.3) is 5.91 Å². The summed E-state index contributed by atoms with van der Waals surface area (Å²) in [5.74, 6) is 0.210. The SMILES string of the molecule is O=C(c1cccc(I)c1)N1CCCCC1C1CCCN1. The van der Waals surface area contributed by atoms with Gasteiger partial charge in [0.2, 0.25) is 0 Å². The smallest absolute Gasteiger partial charge is 0.254 e. The average molecular weight is 384 g/mol. The number of hydrogen-bond donors (Lipinski definition) is 1. The fourth-order valence-corrected chi connectivity index (χ4v) is 4.00. The summed E-state index contributed by atoms with van der Waals surface area (Å²) >= 11 is 2.27. The van der Waals surface area contributed by atoms with Gasteiger partial charge in [-0.2, -0.15) is 0 Å². The van der Waals surface area contributed by atoms with Crippen LogP contribution in [0.5, 0.6) is 0 Å². The number of nitrogens with zero attached hydrogens (tertiary/aromatic N) is 1. The van der Waals surface area contributed by atoms with E-state index in [1.807, 2.05) is 24.3 Å². The first kappa shape index (κ1) is 14.3. The van der Waals surface area contributed by atoms with Crippen LogP contribution >= 0.6 is 22.6 Å². The van der Waals surface area contributed by atoms with Crippen LogP contribution in [0.1, 0.15) is 42.5 Å². The molecule has 2 unspecified atom stereocenters. The monoisotopic (exact) mass is 384 g/mol. The molecule has 0 aromatic heterocycles. The van der Waals surface area contributed by atoms with E-state index in [0.29, 0.717) is 12.1 Å². The number of piperidine rings is 1. The lowest BCUT2D eigenvalue weighted by molar-refractivity contribution is 0.0563. The van der Waals surface area contributed by atoms with Crippen LogP contribution in [0, 0.1) is 3.57 Å². The standard InChI is InChI=1S/C16H21IN2O/c17-13-6-3-5-12(11-13)16(20)19-10-2-1-8-15(19)14-7-4-9-18-14/h3,5-6,11,14-15,18H,1-2,4,7-10H2. The molecule has 0 radical (unpaired) electrons. The van der Waals surface area contributed by atoms with Crippen molar-refractivity contribution in [2.24, 2.45) is 0 Å². The van der Waals surface area contributed by atoms with Crippen molar-refractivity contribution in [2.45, 2.75) is 44.2 Å². The molecule has 2 aliphatic rings. The molecule has 3 rings (SSSR count). The molecule has 1 amide bonds. The summed E-state index contributed by atoms with van der Waals surface area (Å²) in [5, 5.41) is 3.58. The molecule has 0 bridgehead atoms. The molecule has 0 aliphatic carbocycles. The summed E-state index contributed by atoms with van der Waals surface area (Å²) in [6.07, 6.45) is 5.98. The third-order valence-corrected chi connectivity index (χ3v) is 5.12. The Bertz CT molecular complexity index is 485. The van der Waals surface area contributed by atoms with Crippen LogP contribution in [0.15, 0.2) is 24.3 Å². The molecule has 108 valence electrons. The van der Waals surface area contributed by atoms with E-state index in [2.05, 4.69) is 32.8 Å². The summed E-state index contributed by atoms with van der Waals surface area (Å²) in [6, 6.07) is 8.83. The predicted molar refractivity (Wildman–Crippen MR) is 88.9 cm³/mol. The first-order valence-corrected chi connectivity index (χ1v) is 8.63. The molecular formula is C16H21IN2O. The maximum absolute atomic E-state index is 12.8. The molecule has 2 atom stereocenters. The molecule has 2 fully saturated rings. The molecule has 1 N–H and O–H groups in total. The van der Waals surface area contributed by atoms with Gasteiger partial charge in [-0.15, -0.1) is 0 Å². The van der Waals surface area contributed by atoms with Crippen molar-refractivity contribution in [2.75, 3.05) is 13.1 Å². The Labute approximate surface area is 134 Å². The number of halogens is 1. The lowest BCUT2D eigenvalue weighted by Gasteiger charge is -2.39. The quantitative estimate of drug-likeness (QED) is 0.796. The summed E-state index contributed by atoms with van der Waals surface area (Å²) in [5.41, 5.74) is 0.835. The highest BCUT2D eigenvalue weighted by Gasteiger charge is 2.34. The van der Waals surface area contributed by atoms with E-state index in [9.17, 15) is 4.79 Å². The zero-order valence-electron chi connectivity index (χ0n) is 11.6. The molecule has 0 spiro atoms. The van der Waals surface area contributed by atoms with Crippen LogP contribution in [0.25, 0.3) is 0 Å². The number of likely N-dealkylation sites (tertiary alicyclic amines) is 1. The van der Waals surface area contributed by atoms with Gasteiger partial charge < -0.3 is 10.2 Å². The van der Waals surface area contributed by atoms with Crippen molar-refractivity contribution in [3.8, 4) is 0 Å². The van der Waals surface area contributed by atoms with E-state index in [-0.39, 0.29) is 5.91 Å². The van der Waals surface area contributed by atoms with E-state index < -0.39 is 0 Å². The Hall–Kier alpha value is -0.620. The van der Waals surface area contributed by atoms with Gasteiger partial charge in [-0.05, 0) is 79.4 Å². The minimum Gasteiger partial charge on any atom is -0.334 e. The van der Waals surface area contributed by atoms with Gasteiger partial charge in [0, 0.05) is 27.8 Å². The van der Waals surface area contributed by atoms with Crippen LogP contribution in [-0.2, 0) is 0 Å². The maximum Gasteiger partial charge on any atom is 0.254 e. The second-order valence-corrected chi connectivity index (χ2v) is 7.02. The molecule has 3 nitrogen and oxygen atoms in total. The summed E-state index contributed by atoms with van der Waals surface area (Å²) in [6.45, 7) is 2.01. The van der Waals surface area contributed by atoms with Crippen LogP contribution in [0.4, 0.5) is 0 Å². The molecule has 1 aromatic carbocycles. The van der Waals surface area contributed by atoms with E-state index >= 15 is 0 Å². The van der Waals surface area contributed by atoms with Gasteiger partial charge in [0.1, 0.15) is 0 Å². The third-order valence-electron chi connectivity index (χ3n) is 4.44. The summed E-state index contributed by atoms with van der Waals surface area (Å²) < 4.78 is 1.13. The second-order valence-electron chi connectivity index (χ2n) is 5.77. The normalized spacial score (nSPS) is 26.8. The highest BCUT2D eigenvalue weighted by molar-refractivity contribution is 14.1. The van der Waals surface area contributed by atoms with Crippen molar-refractivity contribution >= 4 is 28.5 Å². The average Bonchev–Trinajstić information content (AvgIpc) is 3.00. The van der Waals surface area contributed by atoms with Crippen LogP contribution in [0.3, 0.4) is 0 Å². The largest absolute Gasteiger partial charge is 0.334 e. The Morgan fingerprint density at radius 1 is 1.25 bits per heavy atom. The zero-order chi connectivity index (χ0) is 13.9. The maximum atomic E-state index is 12.8. The zero-order valence-corrected chi connectivity index (χ0v) is 13.8. The lowest BCUT2D eigenvalue weighted by Crippen LogP contribution is -2.52. The number of carbonyl (C=O) groups is 1. The van der Waals surface area contributed by atoms with Gasteiger partial charge in [0.05, 0.1) is 0 Å². The lowest BCUT2D eigenvalue weighted by atomic mass is 9.93. The Kier molecular flexibility index (Phi) is 4.61. The Morgan fingerprint density at radius 2 is 2.15 bits per heavy atom. The van der Waals surface area contributed by atoms with E-state index in [1.165, 1.54) is 19.3 Å². The number of hydrogen-bond acceptors (Lipinski definition) is 2. The van der Waals surface area contributed by atoms with E-state index in [4.69, 9.17) is 0 Å². The molecular weight excluding hydrogens is 363 g/mol. The second kappa shape index (κ2) is 6.43. The first-order chi connectivity index (χ1) is 9.75. The van der Waals surface area contributed by atoms with Gasteiger partial charge in [-0.3, -0.25) is 4.79 Å². The molecule has 1 aromatic rings. The van der Waals surface area contributed by atoms with Crippen molar-refractivity contribution in [1.29, 1.82) is 0 Å². The number of benzene rings is 1. The molecule has 4 heteroatoms. The third kappa shape index (κ3) is 3.01. The summed E-state index contributed by atoms with van der Waals surface area (Å²) in [4.78, 5) is 14.9. The van der Waals surface area contributed by atoms with Gasteiger partial charge >= 0.3 is 0 Å². The molecule has 2 heterocycles. The molecule has 0 saturated carbocycles. The topological polar surface area (TPSA) is 32.3 Å². The van der Waals surface area contributed by atoms with Gasteiger partial charge in [-0.1, -0.05) is 6.07 Å². The van der Waals surface area contributed by atoms with Gasteiger partial charge in [-0.25, -0.2) is 0 Å². The number of carbonyl (C=O) groups excluding carboxylic acids is 1. The number of amides is 1. The summed E-state index contributed by atoms with van der Waals surface area (Å²) in [7, 11) is 0. The van der Waals surface area contributed by atoms with E-state index in [0.717, 1.165) is 35.1 Å². The van der Waals surface area contributed by atoms with Crippen LogP contribution < -0.4 is 5.32 Å². The molecule has 2 aliphatic heterocycles. The Morgan fingerprint density at radius 3 is 2.90 bits per heavy atom. The number of rotatable bonds is 2. The van der Waals surface area contributed by atoms with Crippen molar-refractivity contribution < 1.29 is 4.79 Å². The highest BCUT2D eigenvalue weighted by atomic mass is 127. The minimum absolute atomic E-state index is 0.210. The van der Waals surface area contributed by atoms with Crippen molar-refractivity contribution in [3.05, 3.63) is 33.4 Å². The van der Waals surface area contributed by atoms with E-state index in [1.54, 1.807) is 0 Å². The minimum atomic E-state index is 0.210. The van der Waals surface area contributed by atoms with Crippen molar-refractivity contribution in [3.63, 3.8) is 0 Å². The Balaban J connectivity index is 1.80. The molecule has 2 saturated heterocycles. The van der Waals surface area contributed by atoms with Crippen molar-refractivity contribution in [1.82, 2.24) is 10.2 Å². The fourth-order valence-electron chi connectivity index (χ4n) is 3.46. The highest BCUT2D eigenvalue weighted by Crippen LogP contribution is 2.26. The fraction of sp³-hybridized carbons (Fsp3) is 0.562. The van der Waals surface area contributed by atoms with Gasteiger partial charge in [0.15, 0.2) is 0 Å². The predicted octanol–water partition coefficient (Wildman–Crippen LogP) is 3.04. The first-order valence-electron chi connectivity index (χ1n) is 7.55.